The van der Waals surface area contributed by atoms with Crippen LogP contribution in [0.5, 0.6) is 0 Å². The number of ketones is 2. The molecule has 144 valence electrons. The normalized spacial score (nSPS) is 33.7. The van der Waals surface area contributed by atoms with Gasteiger partial charge in [-0.25, -0.2) is 4.79 Å². The van der Waals surface area contributed by atoms with E-state index in [1.807, 2.05) is 4.90 Å². The lowest BCUT2D eigenvalue weighted by Gasteiger charge is -2.39. The molecule has 0 radical (unpaired) electrons. The predicted molar refractivity (Wildman–Crippen MR) is 94.1 cm³/mol. The number of primary amides is 1. The monoisotopic (exact) mass is 374 g/mol. The van der Waals surface area contributed by atoms with Crippen molar-refractivity contribution in [3.63, 3.8) is 0 Å². The lowest BCUT2D eigenvalue weighted by Crippen LogP contribution is -2.55. The van der Waals surface area contributed by atoms with Gasteiger partial charge in [0.05, 0.1) is 23.4 Å². The molecule has 3 aliphatic heterocycles. The molecule has 0 aromatic rings. The van der Waals surface area contributed by atoms with Crippen molar-refractivity contribution in [2.75, 3.05) is 26.8 Å². The molecule has 0 aromatic carbocycles. The second kappa shape index (κ2) is 5.93. The van der Waals surface area contributed by atoms with Crippen LogP contribution in [0.25, 0.3) is 0 Å². The maximum absolute atomic E-state index is 13.3. The largest absolute Gasteiger partial charge is 0.449 e. The Morgan fingerprint density at radius 1 is 1.48 bits per heavy atom. The molecule has 2 fully saturated rings. The highest BCUT2D eigenvalue weighted by atomic mass is 16.6. The first-order chi connectivity index (χ1) is 12.9. The van der Waals surface area contributed by atoms with Crippen molar-refractivity contribution in [3.8, 4) is 0 Å². The fourth-order valence-corrected chi connectivity index (χ4v) is 4.68. The van der Waals surface area contributed by atoms with Gasteiger partial charge in [-0.1, -0.05) is 6.08 Å². The lowest BCUT2D eigenvalue weighted by molar-refractivity contribution is -0.137. The van der Waals surface area contributed by atoms with Gasteiger partial charge in [0.2, 0.25) is 11.6 Å². The molecule has 0 bridgehead atoms. The van der Waals surface area contributed by atoms with Crippen molar-refractivity contribution < 1.29 is 23.9 Å². The van der Waals surface area contributed by atoms with E-state index in [1.54, 1.807) is 13.0 Å². The molecule has 9 nitrogen and oxygen atoms in total. The smallest absolute Gasteiger partial charge is 0.404 e. The number of amides is 1. The Labute approximate surface area is 156 Å². The fraction of sp³-hybridized carbons (Fsp3) is 0.500. The van der Waals surface area contributed by atoms with Crippen LogP contribution in [0.4, 0.5) is 4.79 Å². The van der Waals surface area contributed by atoms with E-state index in [0.29, 0.717) is 29.9 Å². The summed E-state index contributed by atoms with van der Waals surface area (Å²) >= 11 is 0. The van der Waals surface area contributed by atoms with E-state index in [0.717, 1.165) is 0 Å². The van der Waals surface area contributed by atoms with Crippen LogP contribution in [-0.2, 0) is 19.1 Å². The number of hydrogen-bond acceptors (Lipinski definition) is 8. The van der Waals surface area contributed by atoms with Crippen LogP contribution >= 0.6 is 0 Å². The number of nitrogens with two attached hydrogens (primary N) is 1. The van der Waals surface area contributed by atoms with Crippen LogP contribution in [0.2, 0.25) is 0 Å². The van der Waals surface area contributed by atoms with E-state index < -0.39 is 17.7 Å². The molecule has 27 heavy (non-hydrogen) atoms. The fourth-order valence-electron chi connectivity index (χ4n) is 4.68. The van der Waals surface area contributed by atoms with Crippen molar-refractivity contribution in [2.45, 2.75) is 24.7 Å². The Balaban J connectivity index is 1.80. The summed E-state index contributed by atoms with van der Waals surface area (Å²) in [4.78, 5) is 39.5. The second-order valence-electron chi connectivity index (χ2n) is 7.09. The van der Waals surface area contributed by atoms with Crippen LogP contribution in [-0.4, -0.2) is 67.2 Å². The summed E-state index contributed by atoms with van der Waals surface area (Å²) in [7, 11) is 1.54. The van der Waals surface area contributed by atoms with Gasteiger partial charge in [0.25, 0.3) is 0 Å². The van der Waals surface area contributed by atoms with Gasteiger partial charge in [-0.15, -0.1) is 6.58 Å². The van der Waals surface area contributed by atoms with Crippen LogP contribution in [0.15, 0.2) is 35.2 Å². The van der Waals surface area contributed by atoms with Crippen molar-refractivity contribution in [2.24, 2.45) is 11.7 Å². The summed E-state index contributed by atoms with van der Waals surface area (Å²) in [6.45, 7) is 6.02. The van der Waals surface area contributed by atoms with Gasteiger partial charge in [0, 0.05) is 37.4 Å². The number of methoxy groups -OCH3 is 1. The number of carbonyl (C=O) groups excluding carboxylic acids is 3. The van der Waals surface area contributed by atoms with Crippen molar-refractivity contribution in [1.29, 1.82) is 0 Å². The van der Waals surface area contributed by atoms with Gasteiger partial charge < -0.3 is 30.7 Å². The number of nitrogens with zero attached hydrogens (tertiary/aromatic N) is 1. The van der Waals surface area contributed by atoms with Crippen LogP contribution in [0, 0.1) is 5.92 Å². The molecule has 2 saturated heterocycles. The lowest BCUT2D eigenvalue weighted by atomic mass is 9.82. The Morgan fingerprint density at radius 2 is 2.22 bits per heavy atom. The Kier molecular flexibility index (Phi) is 3.90. The number of allylic oxidation sites excluding steroid dienone is 2. The molecule has 9 heteroatoms. The Bertz CT molecular complexity index is 832. The van der Waals surface area contributed by atoms with E-state index in [1.165, 1.54) is 7.11 Å². The third-order valence-electron chi connectivity index (χ3n) is 5.85. The SMILES string of the molecule is C=CCNC1=C(C)C(=O)C2=C(C1=O)C(COC(N)=O)C1(OC)C3NC3CN21. The molecule has 1 amide bonds. The van der Waals surface area contributed by atoms with E-state index >= 15 is 0 Å². The van der Waals surface area contributed by atoms with Crippen LogP contribution < -0.4 is 16.4 Å². The first-order valence-electron chi connectivity index (χ1n) is 8.78. The number of rotatable bonds is 6. The predicted octanol–water partition coefficient (Wildman–Crippen LogP) is -0.834. The van der Waals surface area contributed by atoms with Gasteiger partial charge in [0.15, 0.2) is 5.72 Å². The van der Waals surface area contributed by atoms with Crippen molar-refractivity contribution >= 4 is 17.7 Å². The average Bonchev–Trinajstić information content (AvgIpc) is 3.24. The van der Waals surface area contributed by atoms with E-state index in [9.17, 15) is 14.4 Å². The first kappa shape index (κ1) is 17.7. The molecule has 0 spiro atoms. The highest BCUT2D eigenvalue weighted by Gasteiger charge is 2.72. The minimum Gasteiger partial charge on any atom is -0.449 e. The van der Waals surface area contributed by atoms with Gasteiger partial charge >= 0.3 is 6.09 Å². The van der Waals surface area contributed by atoms with E-state index in [-0.39, 0.29) is 36.0 Å². The van der Waals surface area contributed by atoms with Gasteiger partial charge in [-0.3, -0.25) is 9.59 Å². The van der Waals surface area contributed by atoms with Crippen molar-refractivity contribution in [3.05, 3.63) is 35.2 Å². The number of Topliss-reactive ketones (excluding diaryl/α,β-unsaturated/α-hetero) is 2. The molecule has 4 rings (SSSR count). The number of nitrogens with one attached hydrogen (secondary N) is 2. The molecule has 1 aliphatic carbocycles. The summed E-state index contributed by atoms with van der Waals surface area (Å²) in [5.74, 6) is -1.13. The molecular weight excluding hydrogens is 352 g/mol. The number of hydrogen-bond donors (Lipinski definition) is 3. The average molecular weight is 374 g/mol. The summed E-state index contributed by atoms with van der Waals surface area (Å²) in [5, 5.41) is 6.28. The van der Waals surface area contributed by atoms with E-state index in [2.05, 4.69) is 17.2 Å². The zero-order chi connectivity index (χ0) is 19.5. The minimum absolute atomic E-state index is 0.0555. The summed E-state index contributed by atoms with van der Waals surface area (Å²) in [5.41, 5.74) is 5.45. The number of piperazine rings is 1. The number of fused-ring (bicyclic) bond motifs is 4. The molecule has 0 saturated carbocycles. The maximum atomic E-state index is 13.3. The zero-order valence-electron chi connectivity index (χ0n) is 15.2. The Morgan fingerprint density at radius 3 is 2.85 bits per heavy atom. The standard InChI is InChI=1S/C18H22N4O5/c1-4-5-20-12-8(2)14(23)13-11(15(12)24)9(7-27-17(19)25)18(26-3)16-10(21-16)6-22(13)18/h4,9-10,16,20-21H,1,5-7H2,2-3H3,(H2,19,25). The maximum Gasteiger partial charge on any atom is 0.404 e. The second-order valence-corrected chi connectivity index (χ2v) is 7.09. The van der Waals surface area contributed by atoms with Crippen molar-refractivity contribution in [1.82, 2.24) is 15.5 Å². The summed E-state index contributed by atoms with van der Waals surface area (Å²) in [6.07, 6.45) is 0.671. The molecule has 4 atom stereocenters. The molecular formula is C18H22N4O5. The minimum atomic E-state index is -0.954. The highest BCUT2D eigenvalue weighted by molar-refractivity contribution is 6.25. The molecule has 4 aliphatic rings. The van der Waals surface area contributed by atoms with E-state index in [4.69, 9.17) is 15.2 Å². The number of carbonyl (C=O) groups is 3. The van der Waals surface area contributed by atoms with Gasteiger partial charge in [-0.05, 0) is 6.92 Å². The summed E-state index contributed by atoms with van der Waals surface area (Å²) < 4.78 is 10.9. The molecule has 3 heterocycles. The van der Waals surface area contributed by atoms with Gasteiger partial charge in [-0.2, -0.15) is 0 Å². The zero-order valence-corrected chi connectivity index (χ0v) is 15.2. The van der Waals surface area contributed by atoms with Crippen LogP contribution in [0.1, 0.15) is 6.92 Å². The summed E-state index contributed by atoms with van der Waals surface area (Å²) in [6, 6.07) is 0.114. The Hall–Kier alpha value is -2.65. The molecule has 0 aromatic heterocycles. The first-order valence-corrected chi connectivity index (χ1v) is 8.78. The molecule has 4 unspecified atom stereocenters. The quantitative estimate of drug-likeness (QED) is 0.312. The topological polar surface area (TPSA) is 133 Å². The highest BCUT2D eigenvalue weighted by Crippen LogP contribution is 2.55. The molecule has 4 N–H and O–H groups in total. The van der Waals surface area contributed by atoms with Gasteiger partial charge in [0.1, 0.15) is 6.61 Å². The number of ether oxygens (including phenoxy) is 2. The van der Waals surface area contributed by atoms with Crippen LogP contribution in [0.3, 0.4) is 0 Å². The third-order valence-corrected chi connectivity index (χ3v) is 5.85. The third kappa shape index (κ3) is 2.21.